The van der Waals surface area contributed by atoms with Gasteiger partial charge in [0.05, 0.1) is 23.8 Å². The zero-order valence-corrected chi connectivity index (χ0v) is 17.3. The van der Waals surface area contributed by atoms with Crippen LogP contribution in [0.1, 0.15) is 23.1 Å². The number of halogens is 4. The number of carbonyl (C=O) groups is 2. The normalized spacial score (nSPS) is 11.6. The molecule has 0 saturated carbocycles. The van der Waals surface area contributed by atoms with Crippen LogP contribution in [0.2, 0.25) is 10.0 Å². The first kappa shape index (κ1) is 23.0. The molecule has 9 heteroatoms. The van der Waals surface area contributed by atoms with E-state index in [0.29, 0.717) is 5.56 Å². The first-order valence-electron chi connectivity index (χ1n) is 8.24. The van der Waals surface area contributed by atoms with Crippen molar-refractivity contribution < 1.29 is 23.8 Å². The maximum atomic E-state index is 14.6. The molecule has 1 radical (unpaired) electrons. The van der Waals surface area contributed by atoms with Gasteiger partial charge in [0.2, 0.25) is 0 Å². The Balaban J connectivity index is 2.57. The van der Waals surface area contributed by atoms with Crippen LogP contribution in [0.4, 0.5) is 4.39 Å². The average molecular weight is 458 g/mol. The van der Waals surface area contributed by atoms with E-state index in [1.165, 1.54) is 25.3 Å². The molecule has 5 nitrogen and oxygen atoms in total. The number of carbonyl (C=O) groups excluding carboxylic acids is 1. The summed E-state index contributed by atoms with van der Waals surface area (Å²) in [6.07, 6.45) is 0.0573. The van der Waals surface area contributed by atoms with E-state index in [1.54, 1.807) is 0 Å². The molecule has 29 heavy (non-hydrogen) atoms. The maximum Gasteiger partial charge on any atom is 0.321 e. The molecule has 1 N–H and O–H groups in total. The summed E-state index contributed by atoms with van der Waals surface area (Å²) in [6, 6.07) is 8.38. The van der Waals surface area contributed by atoms with Crippen LogP contribution in [-0.2, 0) is 27.2 Å². The quantitative estimate of drug-likeness (QED) is 0.476. The van der Waals surface area contributed by atoms with Gasteiger partial charge in [-0.1, -0.05) is 23.2 Å². The lowest BCUT2D eigenvalue weighted by Gasteiger charge is -2.15. The third kappa shape index (κ3) is 5.39. The molecule has 0 fully saturated rings. The highest BCUT2D eigenvalue weighted by Gasteiger charge is 2.22. The molecule has 2 aromatic carbocycles. The van der Waals surface area contributed by atoms with Gasteiger partial charge in [0, 0.05) is 35.1 Å². The molecule has 0 aliphatic rings. The molecule has 0 aliphatic carbocycles. The smallest absolute Gasteiger partial charge is 0.321 e. The Kier molecular flexibility index (Phi) is 7.86. The van der Waals surface area contributed by atoms with E-state index < -0.39 is 23.1 Å². The van der Waals surface area contributed by atoms with Crippen molar-refractivity contribution in [2.45, 2.75) is 24.6 Å². The summed E-state index contributed by atoms with van der Waals surface area (Å²) < 4.78 is 19.2. The second-order valence-corrected chi connectivity index (χ2v) is 7.32. The lowest BCUT2D eigenvalue weighted by Crippen LogP contribution is -2.16. The van der Waals surface area contributed by atoms with Gasteiger partial charge in [-0.3, -0.25) is 9.59 Å². The summed E-state index contributed by atoms with van der Waals surface area (Å²) in [6.45, 7) is 0. The van der Waals surface area contributed by atoms with Crippen LogP contribution in [0.3, 0.4) is 0 Å². The minimum atomic E-state index is -1.28. The number of rotatable bonds is 7. The Morgan fingerprint density at radius 2 is 2.03 bits per heavy atom. The number of carboxylic acid groups (broad SMARTS) is 1. The Morgan fingerprint density at radius 3 is 2.62 bits per heavy atom. The summed E-state index contributed by atoms with van der Waals surface area (Å²) in [4.78, 5) is 22.4. The number of nitrogens with zero attached hydrogens (tertiary/aromatic N) is 1. The molecule has 2 aromatic rings. The van der Waals surface area contributed by atoms with E-state index in [2.05, 4.69) is 10.8 Å². The van der Waals surface area contributed by atoms with Crippen LogP contribution in [0.5, 0.6) is 0 Å². The number of aliphatic carboxylic acids is 1. The van der Waals surface area contributed by atoms with Crippen LogP contribution in [0.15, 0.2) is 18.2 Å². The fraction of sp³-hybridized carbons (Fsp3) is 0.250. The van der Waals surface area contributed by atoms with E-state index in [4.69, 9.17) is 39.9 Å². The van der Waals surface area contributed by atoms with E-state index in [1.807, 2.05) is 6.07 Å². The highest BCUT2D eigenvalue weighted by Crippen LogP contribution is 2.39. The van der Waals surface area contributed by atoms with Crippen molar-refractivity contribution in [3.05, 3.63) is 56.8 Å². The topological polar surface area (TPSA) is 87.4 Å². The SMILES string of the molecule is COC(=O)CCc1c[c]c(F)c(-c2cc(CC(Cl)C(=O)O)c(C#N)cc2Cl)c1Cl. The predicted molar refractivity (Wildman–Crippen MR) is 107 cm³/mol. The summed E-state index contributed by atoms with van der Waals surface area (Å²) in [5.41, 5.74) is 0.953. The second kappa shape index (κ2) is 9.93. The number of hydrogen-bond acceptors (Lipinski definition) is 4. The third-order valence-corrected chi connectivity index (χ3v) is 5.26. The number of benzene rings is 2. The Labute approximate surface area is 181 Å². The summed E-state index contributed by atoms with van der Waals surface area (Å²) in [5, 5.41) is 17.1. The van der Waals surface area contributed by atoms with Gasteiger partial charge in [-0.15, -0.1) is 11.6 Å². The van der Waals surface area contributed by atoms with E-state index in [9.17, 15) is 19.2 Å². The molecule has 0 aromatic heterocycles. The molecule has 0 aliphatic heterocycles. The average Bonchev–Trinajstić information content (AvgIpc) is 2.68. The lowest BCUT2D eigenvalue weighted by molar-refractivity contribution is -0.140. The first-order chi connectivity index (χ1) is 13.7. The standard InChI is InChI=1S/C20H14Cl3FNO4/c1-29-17(26)5-3-10-2-4-16(24)18(19(10)23)13-6-11(7-15(22)20(27)28)12(9-25)8-14(13)21/h2,6,8,15H,3,5,7H2,1H3,(H,27,28). The van der Waals surface area contributed by atoms with Crippen LogP contribution in [0, 0.1) is 23.2 Å². The summed E-state index contributed by atoms with van der Waals surface area (Å²) >= 11 is 18.4. The highest BCUT2D eigenvalue weighted by atomic mass is 35.5. The van der Waals surface area contributed by atoms with Crippen molar-refractivity contribution in [1.82, 2.24) is 0 Å². The Morgan fingerprint density at radius 1 is 1.34 bits per heavy atom. The molecule has 0 spiro atoms. The predicted octanol–water partition coefficient (Wildman–Crippen LogP) is 4.81. The molecule has 2 rings (SSSR count). The van der Waals surface area contributed by atoms with Gasteiger partial charge in [-0.2, -0.15) is 5.26 Å². The van der Waals surface area contributed by atoms with Gasteiger partial charge < -0.3 is 9.84 Å². The largest absolute Gasteiger partial charge is 0.480 e. The molecule has 0 heterocycles. The van der Waals surface area contributed by atoms with E-state index in [-0.39, 0.29) is 51.6 Å². The molecular weight excluding hydrogens is 444 g/mol. The van der Waals surface area contributed by atoms with E-state index >= 15 is 0 Å². The minimum Gasteiger partial charge on any atom is -0.480 e. The molecule has 151 valence electrons. The summed E-state index contributed by atoms with van der Waals surface area (Å²) in [5.74, 6) is -2.49. The Hall–Kier alpha value is -2.33. The van der Waals surface area contributed by atoms with Crippen molar-refractivity contribution >= 4 is 46.7 Å². The van der Waals surface area contributed by atoms with Crippen molar-refractivity contribution in [3.63, 3.8) is 0 Å². The minimum absolute atomic E-state index is 0.0309. The molecule has 0 amide bonds. The monoisotopic (exact) mass is 456 g/mol. The first-order valence-corrected chi connectivity index (χ1v) is 9.43. The van der Waals surface area contributed by atoms with Crippen LogP contribution >= 0.6 is 34.8 Å². The molecule has 0 saturated heterocycles. The van der Waals surface area contributed by atoms with Crippen LogP contribution < -0.4 is 0 Å². The highest BCUT2D eigenvalue weighted by molar-refractivity contribution is 6.37. The van der Waals surface area contributed by atoms with Crippen molar-refractivity contribution in [1.29, 1.82) is 5.26 Å². The number of esters is 1. The van der Waals surface area contributed by atoms with Gasteiger partial charge in [-0.05, 0) is 35.7 Å². The fourth-order valence-corrected chi connectivity index (χ4v) is 3.42. The van der Waals surface area contributed by atoms with Gasteiger partial charge >= 0.3 is 11.9 Å². The lowest BCUT2D eigenvalue weighted by atomic mass is 9.94. The van der Waals surface area contributed by atoms with Gasteiger partial charge in [0.1, 0.15) is 11.2 Å². The van der Waals surface area contributed by atoms with Crippen LogP contribution in [-0.4, -0.2) is 29.5 Å². The van der Waals surface area contributed by atoms with E-state index in [0.717, 1.165) is 0 Å². The fourth-order valence-electron chi connectivity index (χ4n) is 2.66. The van der Waals surface area contributed by atoms with Gasteiger partial charge in [0.25, 0.3) is 0 Å². The number of nitriles is 1. The number of methoxy groups -OCH3 is 1. The summed E-state index contributed by atoms with van der Waals surface area (Å²) in [7, 11) is 1.26. The van der Waals surface area contributed by atoms with Gasteiger partial charge in [-0.25, -0.2) is 4.39 Å². The Bertz CT molecular complexity index is 1000. The zero-order chi connectivity index (χ0) is 21.7. The zero-order valence-electron chi connectivity index (χ0n) is 15.1. The number of alkyl halides is 1. The number of carboxylic acids is 1. The molecule has 1 atom stereocenters. The maximum absolute atomic E-state index is 14.6. The van der Waals surface area contributed by atoms with Crippen molar-refractivity contribution in [3.8, 4) is 17.2 Å². The van der Waals surface area contributed by atoms with Crippen molar-refractivity contribution in [2.75, 3.05) is 7.11 Å². The number of hydrogen-bond donors (Lipinski definition) is 1. The third-order valence-electron chi connectivity index (χ3n) is 4.17. The second-order valence-electron chi connectivity index (χ2n) is 6.00. The number of ether oxygens (including phenoxy) is 1. The number of aryl methyl sites for hydroxylation is 1. The van der Waals surface area contributed by atoms with Crippen LogP contribution in [0.25, 0.3) is 11.1 Å². The van der Waals surface area contributed by atoms with Gasteiger partial charge in [0.15, 0.2) is 0 Å². The van der Waals surface area contributed by atoms with Crippen molar-refractivity contribution in [2.24, 2.45) is 0 Å². The molecule has 1 unspecified atom stereocenters. The molecular formula is C20H14Cl3FNO4. The molecule has 0 bridgehead atoms.